The number of carbonyl (C=O) groups excluding carboxylic acids is 6. The lowest BCUT2D eigenvalue weighted by Crippen LogP contribution is -2.62. The lowest BCUT2D eigenvalue weighted by molar-refractivity contribution is -0.142. The number of nitrogens with two attached hydrogens (primary N) is 2. The predicted octanol–water partition coefficient (Wildman–Crippen LogP) is -1.94. The zero-order valence-corrected chi connectivity index (χ0v) is 34.3. The largest absolute Gasteiger partial charge is 0.481 e. The quantitative estimate of drug-likeness (QED) is 0.0186. The molecule has 0 rings (SSSR count). The molecule has 0 aliphatic heterocycles. The first-order chi connectivity index (χ1) is 26.9. The van der Waals surface area contributed by atoms with E-state index in [0.717, 1.165) is 0 Å². The topological polar surface area (TPSA) is 357 Å². The molecule has 0 aromatic rings. The van der Waals surface area contributed by atoms with Gasteiger partial charge in [-0.3, -0.25) is 43.8 Å². The smallest absolute Gasteiger partial charge is 0.325 e. The second kappa shape index (κ2) is 26.4. The Morgan fingerprint density at radius 3 is 1.74 bits per heavy atom. The predicted molar refractivity (Wildman–Crippen MR) is 213 cm³/mol. The van der Waals surface area contributed by atoms with Gasteiger partial charge in [0.05, 0.1) is 12.1 Å². The summed E-state index contributed by atoms with van der Waals surface area (Å²) in [6, 6.07) is -9.50. The summed E-state index contributed by atoms with van der Waals surface area (Å²) < 4.78 is 0. The zero-order chi connectivity index (χ0) is 44.9. The van der Waals surface area contributed by atoms with Crippen LogP contribution in [0.4, 0.5) is 0 Å². The first-order valence-electron chi connectivity index (χ1n) is 19.0. The van der Waals surface area contributed by atoms with Crippen LogP contribution in [0.3, 0.4) is 0 Å². The minimum Gasteiger partial charge on any atom is -0.481 e. The molecule has 0 saturated carbocycles. The van der Waals surface area contributed by atoms with Crippen molar-refractivity contribution in [1.82, 2.24) is 37.2 Å². The average molecular weight is 825 g/mol. The van der Waals surface area contributed by atoms with E-state index < -0.39 is 115 Å². The van der Waals surface area contributed by atoms with Gasteiger partial charge in [0, 0.05) is 19.4 Å². The van der Waals surface area contributed by atoms with Crippen molar-refractivity contribution in [3.63, 3.8) is 0 Å². The van der Waals surface area contributed by atoms with Crippen LogP contribution < -0.4 is 48.7 Å². The molecule has 1 unspecified atom stereocenters. The molecule has 328 valence electrons. The number of hydrogen-bond acceptors (Lipinski definition) is 11. The maximum Gasteiger partial charge on any atom is 0.325 e. The SMILES string of the molecule is C=C(/C=C\C)C[C@@H](NC(=O)[C@H](N)CCCNC(=N)N)C(=O)N[C@@H](C(=O)N[C@@H](C(=O)N[C@H](CCC(=O)O)C(=O)N[C@H](CC(C)C)C(=O)N[C@H](C)C(=O)O)C(C)C)C(C)O. The van der Waals surface area contributed by atoms with E-state index in [1.54, 1.807) is 46.8 Å². The van der Waals surface area contributed by atoms with Crippen LogP contribution in [0.2, 0.25) is 0 Å². The zero-order valence-electron chi connectivity index (χ0n) is 34.3. The summed E-state index contributed by atoms with van der Waals surface area (Å²) in [6.45, 7) is 14.9. The summed E-state index contributed by atoms with van der Waals surface area (Å²) in [4.78, 5) is 103. The van der Waals surface area contributed by atoms with E-state index in [0.29, 0.717) is 12.0 Å². The molecule has 58 heavy (non-hydrogen) atoms. The van der Waals surface area contributed by atoms with Gasteiger partial charge >= 0.3 is 11.9 Å². The van der Waals surface area contributed by atoms with Gasteiger partial charge in [-0.25, -0.2) is 0 Å². The summed E-state index contributed by atoms with van der Waals surface area (Å²) in [6.07, 6.45) is 1.24. The molecule has 0 bridgehead atoms. The fourth-order valence-corrected chi connectivity index (χ4v) is 5.32. The lowest BCUT2D eigenvalue weighted by Gasteiger charge is -2.29. The van der Waals surface area contributed by atoms with E-state index in [1.807, 2.05) is 0 Å². The number of carboxylic acid groups (broad SMARTS) is 2. The van der Waals surface area contributed by atoms with E-state index in [1.165, 1.54) is 13.8 Å². The summed E-state index contributed by atoms with van der Waals surface area (Å²) in [5, 5.41) is 53.6. The molecule has 21 heteroatoms. The summed E-state index contributed by atoms with van der Waals surface area (Å²) in [5.41, 5.74) is 11.7. The van der Waals surface area contributed by atoms with Crippen LogP contribution in [0.15, 0.2) is 24.3 Å². The Labute approximate surface area is 338 Å². The summed E-state index contributed by atoms with van der Waals surface area (Å²) in [7, 11) is 0. The standard InChI is InChI=1S/C37H64N10O11/c1-9-11-20(6)17-26(44-30(51)23(38)12-10-15-41-37(39)40)33(54)47-29(22(8)48)35(56)46-28(19(4)5)34(55)43-24(13-14-27(49)50)31(52)45-25(16-18(2)3)32(53)42-21(7)36(57)58/h9,11,18-19,21-26,28-29,48H,6,10,12-17,38H2,1-5,7-8H3,(H,42,53)(H,43,55)(H,44,51)(H,45,52)(H,46,56)(H,47,54)(H,49,50)(H,57,58)(H4,39,40,41)/b11-9-/t21-,22?,23-,24-,25-,26-,28-,29-/m1/s1. The Morgan fingerprint density at radius 2 is 1.24 bits per heavy atom. The summed E-state index contributed by atoms with van der Waals surface area (Å²) in [5.74, 6) is -8.98. The maximum absolute atomic E-state index is 13.7. The van der Waals surface area contributed by atoms with Gasteiger partial charge in [-0.05, 0) is 58.3 Å². The van der Waals surface area contributed by atoms with Crippen molar-refractivity contribution in [2.75, 3.05) is 6.54 Å². The number of aliphatic carboxylic acids is 2. The van der Waals surface area contributed by atoms with Crippen molar-refractivity contribution in [2.24, 2.45) is 23.3 Å². The van der Waals surface area contributed by atoms with Crippen LogP contribution in [0, 0.1) is 17.2 Å². The van der Waals surface area contributed by atoms with Gasteiger partial charge in [-0.15, -0.1) is 0 Å². The van der Waals surface area contributed by atoms with Gasteiger partial charge in [0.15, 0.2) is 5.96 Å². The molecule has 21 nitrogen and oxygen atoms in total. The fraction of sp³-hybridized carbons (Fsp3) is 0.649. The number of aliphatic hydroxyl groups excluding tert-OH is 1. The monoisotopic (exact) mass is 824 g/mol. The highest BCUT2D eigenvalue weighted by Gasteiger charge is 2.36. The van der Waals surface area contributed by atoms with Gasteiger partial charge in [0.2, 0.25) is 35.4 Å². The van der Waals surface area contributed by atoms with Crippen molar-refractivity contribution < 1.29 is 53.7 Å². The molecule has 0 aromatic heterocycles. The van der Waals surface area contributed by atoms with E-state index in [4.69, 9.17) is 16.9 Å². The molecule has 6 amide bonds. The molecule has 0 spiro atoms. The van der Waals surface area contributed by atoms with E-state index in [2.05, 4.69) is 43.8 Å². The van der Waals surface area contributed by atoms with Crippen molar-refractivity contribution >= 4 is 53.3 Å². The Morgan fingerprint density at radius 1 is 0.724 bits per heavy atom. The number of guanidine groups is 1. The van der Waals surface area contributed by atoms with Crippen LogP contribution in [0.5, 0.6) is 0 Å². The highest BCUT2D eigenvalue weighted by molar-refractivity contribution is 5.97. The number of aliphatic hydroxyl groups is 1. The van der Waals surface area contributed by atoms with Gasteiger partial charge < -0.3 is 64.0 Å². The second-order valence-corrected chi connectivity index (χ2v) is 14.7. The van der Waals surface area contributed by atoms with Gasteiger partial charge in [-0.1, -0.05) is 52.0 Å². The van der Waals surface area contributed by atoms with Crippen LogP contribution in [0.1, 0.15) is 87.0 Å². The Balaban J connectivity index is 6.24. The molecular weight excluding hydrogens is 760 g/mol. The van der Waals surface area contributed by atoms with Gasteiger partial charge in [-0.2, -0.15) is 0 Å². The number of amides is 6. The number of hydrogen-bond donors (Lipinski definition) is 13. The number of carboxylic acids is 2. The molecule has 0 aliphatic carbocycles. The average Bonchev–Trinajstić information content (AvgIpc) is 3.11. The molecular formula is C37H64N10O11. The minimum absolute atomic E-state index is 0.0708. The Kier molecular flexibility index (Phi) is 23.8. The first-order valence-corrected chi connectivity index (χ1v) is 19.0. The van der Waals surface area contributed by atoms with E-state index in [9.17, 15) is 53.7 Å². The third-order valence-corrected chi connectivity index (χ3v) is 8.50. The van der Waals surface area contributed by atoms with Crippen LogP contribution in [0.25, 0.3) is 0 Å². The first kappa shape index (κ1) is 52.4. The third-order valence-electron chi connectivity index (χ3n) is 8.50. The number of allylic oxidation sites excluding steroid dienone is 2. The highest BCUT2D eigenvalue weighted by atomic mass is 16.4. The molecule has 15 N–H and O–H groups in total. The fourth-order valence-electron chi connectivity index (χ4n) is 5.32. The normalized spacial score (nSPS) is 15.4. The van der Waals surface area contributed by atoms with Gasteiger partial charge in [0.1, 0.15) is 36.3 Å². The molecule has 0 aromatic carbocycles. The second-order valence-electron chi connectivity index (χ2n) is 14.7. The molecule has 0 radical (unpaired) electrons. The maximum atomic E-state index is 13.7. The van der Waals surface area contributed by atoms with Crippen molar-refractivity contribution in [2.45, 2.75) is 135 Å². The molecule has 0 saturated heterocycles. The van der Waals surface area contributed by atoms with Crippen LogP contribution in [-0.4, -0.2) is 124 Å². The van der Waals surface area contributed by atoms with Crippen molar-refractivity contribution in [3.8, 4) is 0 Å². The molecule has 8 atom stereocenters. The number of rotatable bonds is 27. The molecule has 0 fully saturated rings. The highest BCUT2D eigenvalue weighted by Crippen LogP contribution is 2.11. The van der Waals surface area contributed by atoms with E-state index >= 15 is 0 Å². The molecule has 0 aliphatic rings. The third kappa shape index (κ3) is 20.6. The summed E-state index contributed by atoms with van der Waals surface area (Å²) >= 11 is 0. The van der Waals surface area contributed by atoms with E-state index in [-0.39, 0.29) is 37.7 Å². The van der Waals surface area contributed by atoms with Crippen molar-refractivity contribution in [3.05, 3.63) is 24.3 Å². The lowest BCUT2D eigenvalue weighted by atomic mass is 9.99. The molecule has 0 heterocycles. The van der Waals surface area contributed by atoms with Gasteiger partial charge in [0.25, 0.3) is 0 Å². The Hall–Kier alpha value is -5.57. The van der Waals surface area contributed by atoms with Crippen LogP contribution >= 0.6 is 0 Å². The number of nitrogens with one attached hydrogen (secondary N) is 8. The van der Waals surface area contributed by atoms with Crippen molar-refractivity contribution in [1.29, 1.82) is 5.41 Å². The Bertz CT molecular complexity index is 1500. The minimum atomic E-state index is -1.67. The number of carbonyl (C=O) groups is 8. The van der Waals surface area contributed by atoms with Crippen LogP contribution in [-0.2, 0) is 38.4 Å².